The van der Waals surface area contributed by atoms with E-state index in [1.165, 1.54) is 43.6 Å². The van der Waals surface area contributed by atoms with Gasteiger partial charge in [-0.05, 0) is 57.9 Å². The molecule has 118 valence electrons. The Hall–Kier alpha value is -1.06. The van der Waals surface area contributed by atoms with Gasteiger partial charge in [0.25, 0.3) is 0 Å². The molecule has 0 saturated carbocycles. The molecule has 1 aliphatic rings. The molecule has 1 aromatic rings. The summed E-state index contributed by atoms with van der Waals surface area (Å²) in [4.78, 5) is 4.88. The lowest BCUT2D eigenvalue weighted by Crippen LogP contribution is -2.33. The summed E-state index contributed by atoms with van der Waals surface area (Å²) in [5, 5.41) is 3.53. The zero-order valence-electron chi connectivity index (χ0n) is 13.9. The first-order valence-electron chi connectivity index (χ1n) is 8.41. The van der Waals surface area contributed by atoms with Crippen molar-refractivity contribution < 1.29 is 0 Å². The van der Waals surface area contributed by atoms with Crippen LogP contribution in [0, 0.1) is 0 Å². The van der Waals surface area contributed by atoms with E-state index >= 15 is 0 Å². The molecule has 1 fully saturated rings. The van der Waals surface area contributed by atoms with Crippen molar-refractivity contribution in [2.45, 2.75) is 45.7 Å². The summed E-state index contributed by atoms with van der Waals surface area (Å²) >= 11 is 0. The Morgan fingerprint density at radius 3 is 2.38 bits per heavy atom. The summed E-state index contributed by atoms with van der Waals surface area (Å²) in [6.07, 6.45) is 4.07. The smallest absolute Gasteiger partial charge is 0.0366 e. The van der Waals surface area contributed by atoms with Crippen LogP contribution in [0.2, 0.25) is 0 Å². The predicted octanol–water partition coefficient (Wildman–Crippen LogP) is 3.11. The van der Waals surface area contributed by atoms with Gasteiger partial charge in [0, 0.05) is 44.5 Å². The SMILES string of the molecule is CC(C)N(C)CCNCc1ccc(N2CCCCC2)cc1. The highest BCUT2D eigenvalue weighted by atomic mass is 15.1. The normalized spacial score (nSPS) is 16.0. The Balaban J connectivity index is 1.72. The molecule has 1 heterocycles. The van der Waals surface area contributed by atoms with Crippen LogP contribution in [-0.4, -0.2) is 44.2 Å². The van der Waals surface area contributed by atoms with E-state index in [1.54, 1.807) is 0 Å². The molecule has 0 unspecified atom stereocenters. The van der Waals surface area contributed by atoms with Crippen LogP contribution >= 0.6 is 0 Å². The van der Waals surface area contributed by atoms with Crippen LogP contribution in [0.1, 0.15) is 38.7 Å². The van der Waals surface area contributed by atoms with E-state index < -0.39 is 0 Å². The van der Waals surface area contributed by atoms with Crippen LogP contribution in [0.4, 0.5) is 5.69 Å². The van der Waals surface area contributed by atoms with Crippen LogP contribution in [0.3, 0.4) is 0 Å². The number of benzene rings is 1. The van der Waals surface area contributed by atoms with Crippen LogP contribution in [0.25, 0.3) is 0 Å². The molecule has 21 heavy (non-hydrogen) atoms. The third-order valence-corrected chi connectivity index (χ3v) is 4.51. The molecular weight excluding hydrogens is 258 g/mol. The highest BCUT2D eigenvalue weighted by Crippen LogP contribution is 2.20. The fraction of sp³-hybridized carbons (Fsp3) is 0.667. The van der Waals surface area contributed by atoms with Crippen LogP contribution in [-0.2, 0) is 6.54 Å². The lowest BCUT2D eigenvalue weighted by Gasteiger charge is -2.28. The number of hydrogen-bond donors (Lipinski definition) is 1. The van der Waals surface area contributed by atoms with Crippen molar-refractivity contribution in [1.82, 2.24) is 10.2 Å². The van der Waals surface area contributed by atoms with Crippen LogP contribution in [0.15, 0.2) is 24.3 Å². The second kappa shape index (κ2) is 8.40. The molecule has 1 N–H and O–H groups in total. The number of rotatable bonds is 7. The minimum absolute atomic E-state index is 0.621. The highest BCUT2D eigenvalue weighted by Gasteiger charge is 2.10. The van der Waals surface area contributed by atoms with Crippen molar-refractivity contribution in [3.63, 3.8) is 0 Å². The van der Waals surface area contributed by atoms with Crippen LogP contribution < -0.4 is 10.2 Å². The second-order valence-corrected chi connectivity index (χ2v) is 6.47. The first-order chi connectivity index (χ1) is 10.2. The lowest BCUT2D eigenvalue weighted by atomic mass is 10.1. The molecule has 0 radical (unpaired) electrons. The summed E-state index contributed by atoms with van der Waals surface area (Å²) < 4.78 is 0. The number of piperidine rings is 1. The zero-order valence-corrected chi connectivity index (χ0v) is 13.9. The van der Waals surface area contributed by atoms with Gasteiger partial charge in [-0.1, -0.05) is 12.1 Å². The molecule has 0 aliphatic carbocycles. The molecule has 0 spiro atoms. The number of anilines is 1. The topological polar surface area (TPSA) is 18.5 Å². The fourth-order valence-electron chi connectivity index (χ4n) is 2.72. The molecule has 0 aromatic heterocycles. The molecule has 3 nitrogen and oxygen atoms in total. The standard InChI is InChI=1S/C18H31N3/c1-16(2)20(3)14-11-19-15-17-7-9-18(10-8-17)21-12-5-4-6-13-21/h7-10,16,19H,4-6,11-15H2,1-3H3. The third kappa shape index (κ3) is 5.33. The predicted molar refractivity (Wildman–Crippen MR) is 92.0 cm³/mol. The quantitative estimate of drug-likeness (QED) is 0.778. The average molecular weight is 289 g/mol. The van der Waals surface area contributed by atoms with Crippen molar-refractivity contribution in [2.24, 2.45) is 0 Å². The summed E-state index contributed by atoms with van der Waals surface area (Å²) in [7, 11) is 2.18. The number of nitrogens with zero attached hydrogens (tertiary/aromatic N) is 2. The van der Waals surface area contributed by atoms with E-state index in [9.17, 15) is 0 Å². The summed E-state index contributed by atoms with van der Waals surface area (Å²) in [5.74, 6) is 0. The van der Waals surface area contributed by atoms with Crippen molar-refractivity contribution in [1.29, 1.82) is 0 Å². The van der Waals surface area contributed by atoms with Gasteiger partial charge in [0.2, 0.25) is 0 Å². The van der Waals surface area contributed by atoms with Crippen molar-refractivity contribution in [3.05, 3.63) is 29.8 Å². The Morgan fingerprint density at radius 1 is 1.10 bits per heavy atom. The van der Waals surface area contributed by atoms with Crippen molar-refractivity contribution in [3.8, 4) is 0 Å². The van der Waals surface area contributed by atoms with Gasteiger partial charge >= 0.3 is 0 Å². The summed E-state index contributed by atoms with van der Waals surface area (Å²) in [5.41, 5.74) is 2.76. The van der Waals surface area contributed by atoms with E-state index in [2.05, 4.69) is 60.3 Å². The van der Waals surface area contributed by atoms with E-state index in [4.69, 9.17) is 0 Å². The third-order valence-electron chi connectivity index (χ3n) is 4.51. The molecule has 1 saturated heterocycles. The van der Waals surface area contributed by atoms with E-state index in [0.717, 1.165) is 19.6 Å². The number of hydrogen-bond acceptors (Lipinski definition) is 3. The Kier molecular flexibility index (Phi) is 6.52. The molecule has 0 amide bonds. The van der Waals surface area contributed by atoms with Crippen molar-refractivity contribution in [2.75, 3.05) is 38.1 Å². The molecular formula is C18H31N3. The van der Waals surface area contributed by atoms with E-state index in [-0.39, 0.29) is 0 Å². The Morgan fingerprint density at radius 2 is 1.76 bits per heavy atom. The van der Waals surface area contributed by atoms with Crippen molar-refractivity contribution >= 4 is 5.69 Å². The van der Waals surface area contributed by atoms with Gasteiger partial charge in [-0.3, -0.25) is 0 Å². The molecule has 3 heteroatoms. The maximum Gasteiger partial charge on any atom is 0.0366 e. The van der Waals surface area contributed by atoms with Gasteiger partial charge in [-0.15, -0.1) is 0 Å². The molecule has 2 rings (SSSR count). The molecule has 1 aromatic carbocycles. The first kappa shape index (κ1) is 16.3. The maximum absolute atomic E-state index is 3.53. The zero-order chi connectivity index (χ0) is 15.1. The molecule has 0 atom stereocenters. The Labute approximate surface area is 130 Å². The second-order valence-electron chi connectivity index (χ2n) is 6.47. The number of likely N-dealkylation sites (N-methyl/N-ethyl adjacent to an activating group) is 1. The minimum atomic E-state index is 0.621. The van der Waals surface area contributed by atoms with Gasteiger partial charge in [0.1, 0.15) is 0 Å². The first-order valence-corrected chi connectivity index (χ1v) is 8.41. The van der Waals surface area contributed by atoms with Gasteiger partial charge in [0.05, 0.1) is 0 Å². The van der Waals surface area contributed by atoms with E-state index in [1.807, 2.05) is 0 Å². The average Bonchev–Trinajstić information content (AvgIpc) is 2.52. The largest absolute Gasteiger partial charge is 0.372 e. The van der Waals surface area contributed by atoms with E-state index in [0.29, 0.717) is 6.04 Å². The minimum Gasteiger partial charge on any atom is -0.372 e. The monoisotopic (exact) mass is 289 g/mol. The van der Waals surface area contributed by atoms with Gasteiger partial charge in [-0.25, -0.2) is 0 Å². The Bertz CT molecular complexity index is 393. The maximum atomic E-state index is 3.53. The summed E-state index contributed by atoms with van der Waals surface area (Å²) in [6, 6.07) is 9.72. The van der Waals surface area contributed by atoms with Gasteiger partial charge in [-0.2, -0.15) is 0 Å². The molecule has 1 aliphatic heterocycles. The molecule has 0 bridgehead atoms. The fourth-order valence-corrected chi connectivity index (χ4v) is 2.72. The lowest BCUT2D eigenvalue weighted by molar-refractivity contribution is 0.273. The highest BCUT2D eigenvalue weighted by molar-refractivity contribution is 5.47. The summed E-state index contributed by atoms with van der Waals surface area (Å²) in [6.45, 7) is 10.0. The van der Waals surface area contributed by atoms with Gasteiger partial charge in [0.15, 0.2) is 0 Å². The van der Waals surface area contributed by atoms with Crippen LogP contribution in [0.5, 0.6) is 0 Å². The van der Waals surface area contributed by atoms with Gasteiger partial charge < -0.3 is 15.1 Å². The number of nitrogens with one attached hydrogen (secondary N) is 1.